The molecule has 1 aliphatic heterocycles. The standard InChI is InChI=1S/C25H25IN2O5/c26-18-9-8-17(13-20(18)29)27-25(32)33-11-10-19(14-4-2-1-3-5-14)28-23(30)21-15-6-7-16(12-15)22(21)24(28)31/h1-5,8-9,13,15-16,19,21-22,29H,6-7,10-12H2,(H,27,32). The Morgan fingerprint density at radius 2 is 1.76 bits per heavy atom. The third-order valence-electron chi connectivity index (χ3n) is 7.27. The van der Waals surface area contributed by atoms with Crippen LogP contribution >= 0.6 is 22.6 Å². The normalized spacial score (nSPS) is 26.4. The molecule has 2 aromatic carbocycles. The van der Waals surface area contributed by atoms with Gasteiger partial charge in [0.05, 0.1) is 28.1 Å². The van der Waals surface area contributed by atoms with Gasteiger partial charge in [0.15, 0.2) is 0 Å². The molecule has 2 bridgehead atoms. The molecular weight excluding hydrogens is 535 g/mol. The fourth-order valence-corrected chi connectivity index (χ4v) is 6.20. The number of benzene rings is 2. The molecule has 2 saturated carbocycles. The Morgan fingerprint density at radius 1 is 1.09 bits per heavy atom. The Bertz CT molecular complexity index is 1060. The number of nitrogens with one attached hydrogen (secondary N) is 1. The van der Waals surface area contributed by atoms with Crippen molar-refractivity contribution in [2.24, 2.45) is 23.7 Å². The minimum Gasteiger partial charge on any atom is -0.507 e. The highest BCUT2D eigenvalue weighted by atomic mass is 127. The molecule has 3 aliphatic rings. The number of nitrogens with zero attached hydrogens (tertiary/aromatic N) is 1. The van der Waals surface area contributed by atoms with Gasteiger partial charge in [0.1, 0.15) is 5.75 Å². The molecule has 5 unspecified atom stereocenters. The molecule has 0 aromatic heterocycles. The van der Waals surface area contributed by atoms with Gasteiger partial charge < -0.3 is 9.84 Å². The third kappa shape index (κ3) is 4.09. The molecule has 172 valence electrons. The number of fused-ring (bicyclic) bond motifs is 5. The van der Waals surface area contributed by atoms with E-state index in [2.05, 4.69) is 5.32 Å². The number of imide groups is 1. The van der Waals surface area contributed by atoms with Crippen LogP contribution in [-0.2, 0) is 14.3 Å². The fourth-order valence-electron chi connectivity index (χ4n) is 5.87. The summed E-state index contributed by atoms with van der Waals surface area (Å²) in [4.78, 5) is 40.4. The average molecular weight is 560 g/mol. The lowest BCUT2D eigenvalue weighted by molar-refractivity contribution is -0.144. The second-order valence-electron chi connectivity index (χ2n) is 9.07. The minimum atomic E-state index is -0.656. The number of ether oxygens (including phenoxy) is 1. The maximum Gasteiger partial charge on any atom is 0.411 e. The van der Waals surface area contributed by atoms with E-state index in [1.54, 1.807) is 12.1 Å². The van der Waals surface area contributed by atoms with Crippen molar-refractivity contribution in [2.75, 3.05) is 11.9 Å². The Balaban J connectivity index is 1.28. The molecule has 2 aromatic rings. The summed E-state index contributed by atoms with van der Waals surface area (Å²) in [5, 5.41) is 12.4. The van der Waals surface area contributed by atoms with E-state index in [1.165, 1.54) is 11.0 Å². The van der Waals surface area contributed by atoms with Crippen molar-refractivity contribution in [3.05, 3.63) is 57.7 Å². The van der Waals surface area contributed by atoms with E-state index in [-0.39, 0.29) is 36.0 Å². The van der Waals surface area contributed by atoms with Crippen LogP contribution in [0.2, 0.25) is 0 Å². The number of halogens is 1. The summed E-state index contributed by atoms with van der Waals surface area (Å²) in [5.74, 6) is 0.230. The first-order valence-corrected chi connectivity index (χ1v) is 12.4. The predicted molar refractivity (Wildman–Crippen MR) is 129 cm³/mol. The van der Waals surface area contributed by atoms with Crippen LogP contribution in [0.25, 0.3) is 0 Å². The summed E-state index contributed by atoms with van der Waals surface area (Å²) in [5.41, 5.74) is 1.28. The molecule has 1 heterocycles. The highest BCUT2D eigenvalue weighted by molar-refractivity contribution is 14.1. The van der Waals surface area contributed by atoms with Crippen LogP contribution in [0, 0.1) is 27.2 Å². The lowest BCUT2D eigenvalue weighted by Gasteiger charge is -2.28. The largest absolute Gasteiger partial charge is 0.507 e. The summed E-state index contributed by atoms with van der Waals surface area (Å²) in [6.07, 6.45) is 2.73. The first kappa shape index (κ1) is 22.2. The number of hydrogen-bond acceptors (Lipinski definition) is 5. The van der Waals surface area contributed by atoms with E-state index in [4.69, 9.17) is 4.74 Å². The van der Waals surface area contributed by atoms with Crippen LogP contribution in [0.3, 0.4) is 0 Å². The van der Waals surface area contributed by atoms with Crippen molar-refractivity contribution in [1.29, 1.82) is 0 Å². The van der Waals surface area contributed by atoms with Crippen LogP contribution < -0.4 is 5.32 Å². The second-order valence-corrected chi connectivity index (χ2v) is 10.2. The summed E-state index contributed by atoms with van der Waals surface area (Å²) >= 11 is 1.99. The molecule has 2 aliphatic carbocycles. The molecule has 33 heavy (non-hydrogen) atoms. The molecule has 1 saturated heterocycles. The highest BCUT2D eigenvalue weighted by Crippen LogP contribution is 2.57. The summed E-state index contributed by atoms with van der Waals surface area (Å²) in [6.45, 7) is 0.0427. The van der Waals surface area contributed by atoms with Gasteiger partial charge in [-0.1, -0.05) is 30.3 Å². The predicted octanol–water partition coefficient (Wildman–Crippen LogP) is 4.71. The average Bonchev–Trinajstić information content (AvgIpc) is 3.49. The number of aromatic hydroxyl groups is 1. The third-order valence-corrected chi connectivity index (χ3v) is 8.19. The first-order valence-electron chi connectivity index (χ1n) is 11.3. The van der Waals surface area contributed by atoms with Crippen molar-refractivity contribution in [3.8, 4) is 5.75 Å². The molecule has 5 atom stereocenters. The zero-order valence-corrected chi connectivity index (χ0v) is 20.1. The van der Waals surface area contributed by atoms with Gasteiger partial charge >= 0.3 is 6.09 Å². The molecule has 2 N–H and O–H groups in total. The summed E-state index contributed by atoms with van der Waals surface area (Å²) < 4.78 is 6.04. The number of likely N-dealkylation sites (tertiary alicyclic amines) is 1. The van der Waals surface area contributed by atoms with E-state index in [0.29, 0.717) is 27.5 Å². The Morgan fingerprint density at radius 3 is 2.39 bits per heavy atom. The van der Waals surface area contributed by atoms with Crippen LogP contribution in [0.4, 0.5) is 10.5 Å². The molecule has 3 amide bonds. The van der Waals surface area contributed by atoms with E-state index in [9.17, 15) is 19.5 Å². The van der Waals surface area contributed by atoms with Crippen molar-refractivity contribution >= 4 is 46.2 Å². The summed E-state index contributed by atoms with van der Waals surface area (Å²) in [7, 11) is 0. The van der Waals surface area contributed by atoms with Crippen molar-refractivity contribution < 1.29 is 24.2 Å². The topological polar surface area (TPSA) is 95.9 Å². The van der Waals surface area contributed by atoms with Gasteiger partial charge in [-0.15, -0.1) is 0 Å². The van der Waals surface area contributed by atoms with Gasteiger partial charge in [0, 0.05) is 18.2 Å². The smallest absolute Gasteiger partial charge is 0.411 e. The van der Waals surface area contributed by atoms with Crippen molar-refractivity contribution in [2.45, 2.75) is 31.7 Å². The van der Waals surface area contributed by atoms with E-state index < -0.39 is 12.1 Å². The molecule has 5 rings (SSSR count). The number of phenolic OH excluding ortho intramolecular Hbond substituents is 1. The van der Waals surface area contributed by atoms with Crippen LogP contribution in [0.15, 0.2) is 48.5 Å². The Kier molecular flexibility index (Phi) is 6.03. The molecule has 7 nitrogen and oxygen atoms in total. The highest BCUT2D eigenvalue weighted by Gasteiger charge is 2.61. The number of carbonyl (C=O) groups is 3. The van der Waals surface area contributed by atoms with Gasteiger partial charge in [-0.25, -0.2) is 4.79 Å². The van der Waals surface area contributed by atoms with E-state index in [1.807, 2.05) is 52.9 Å². The quantitative estimate of drug-likeness (QED) is 0.395. The monoisotopic (exact) mass is 560 g/mol. The van der Waals surface area contributed by atoms with Gasteiger partial charge in [-0.2, -0.15) is 0 Å². The zero-order valence-electron chi connectivity index (χ0n) is 17.9. The van der Waals surface area contributed by atoms with Gasteiger partial charge in [-0.3, -0.25) is 19.8 Å². The van der Waals surface area contributed by atoms with Crippen LogP contribution in [-0.4, -0.2) is 34.5 Å². The number of amides is 3. The number of hydrogen-bond donors (Lipinski definition) is 2. The number of carbonyl (C=O) groups excluding carboxylic acids is 3. The number of rotatable bonds is 6. The molecule has 8 heteroatoms. The summed E-state index contributed by atoms with van der Waals surface area (Å²) in [6, 6.07) is 13.8. The maximum absolute atomic E-state index is 13.4. The van der Waals surface area contributed by atoms with E-state index in [0.717, 1.165) is 24.8 Å². The van der Waals surface area contributed by atoms with Crippen molar-refractivity contribution in [1.82, 2.24) is 4.90 Å². The van der Waals surface area contributed by atoms with Crippen LogP contribution in [0.5, 0.6) is 5.75 Å². The van der Waals surface area contributed by atoms with E-state index >= 15 is 0 Å². The lowest BCUT2D eigenvalue weighted by atomic mass is 9.81. The Hall–Kier alpha value is -2.62. The fraction of sp³-hybridized carbons (Fsp3) is 0.400. The maximum atomic E-state index is 13.4. The zero-order chi connectivity index (χ0) is 23.1. The molecule has 0 spiro atoms. The molecule has 0 radical (unpaired) electrons. The Labute approximate surface area is 205 Å². The SMILES string of the molecule is O=C(Nc1ccc(I)c(O)c1)OCCC(c1ccccc1)N1C(=O)C2C3CCC(C3)C2C1=O. The number of anilines is 1. The lowest BCUT2D eigenvalue weighted by Crippen LogP contribution is -2.37. The van der Waals surface area contributed by atoms with Crippen LogP contribution in [0.1, 0.15) is 37.3 Å². The first-order chi connectivity index (χ1) is 15.9. The minimum absolute atomic E-state index is 0.0427. The number of phenols is 1. The van der Waals surface area contributed by atoms with Crippen molar-refractivity contribution in [3.63, 3.8) is 0 Å². The van der Waals surface area contributed by atoms with Gasteiger partial charge in [0.2, 0.25) is 11.8 Å². The molecular formula is C25H25IN2O5. The molecule has 3 fully saturated rings. The van der Waals surface area contributed by atoms with Gasteiger partial charge in [0.25, 0.3) is 0 Å². The second kappa shape index (κ2) is 8.96. The van der Waals surface area contributed by atoms with Gasteiger partial charge in [-0.05, 0) is 71.4 Å².